The van der Waals surface area contributed by atoms with Crippen molar-refractivity contribution >= 4 is 17.5 Å². The van der Waals surface area contributed by atoms with Gasteiger partial charge in [-0.25, -0.2) is 0 Å². The Morgan fingerprint density at radius 1 is 1.18 bits per heavy atom. The molecular weight excluding hydrogens is 432 g/mol. The maximum atomic E-state index is 13.7. The normalized spacial score (nSPS) is 14.8. The maximum Gasteiger partial charge on any atom is 0.251 e. The number of tetrazole rings is 1. The second-order valence-corrected chi connectivity index (χ2v) is 9.02. The number of carbonyl (C=O) groups excluding carboxylic acids is 2. The van der Waals surface area contributed by atoms with Gasteiger partial charge in [-0.3, -0.25) is 14.5 Å². The number of benzene rings is 1. The summed E-state index contributed by atoms with van der Waals surface area (Å²) < 4.78 is 5.56. The van der Waals surface area contributed by atoms with E-state index in [9.17, 15) is 9.59 Å². The fourth-order valence-corrected chi connectivity index (χ4v) is 4.47. The van der Waals surface area contributed by atoms with E-state index in [1.54, 1.807) is 11.0 Å². The van der Waals surface area contributed by atoms with Crippen molar-refractivity contribution in [2.45, 2.75) is 78.4 Å². The molecule has 2 amide bonds. The topological polar surface area (TPSA) is 106 Å². The van der Waals surface area contributed by atoms with Gasteiger partial charge in [0, 0.05) is 11.7 Å². The molecule has 9 heteroatoms. The first-order valence-electron chi connectivity index (χ1n) is 11.9. The zero-order valence-electron chi connectivity index (χ0n) is 20.2. The SMILES string of the molecule is CCC(C(=O)NC1CCCC1)N(C(=O)Cn1nnc(-c2ccc(C)o2)n1)c1cc(C)ccc1C. The number of anilines is 1. The zero-order chi connectivity index (χ0) is 24.2. The minimum Gasteiger partial charge on any atom is -0.458 e. The Balaban J connectivity index is 1.61. The Morgan fingerprint density at radius 3 is 2.62 bits per heavy atom. The lowest BCUT2D eigenvalue weighted by atomic mass is 10.0. The Morgan fingerprint density at radius 2 is 1.94 bits per heavy atom. The second kappa shape index (κ2) is 10.2. The van der Waals surface area contributed by atoms with Crippen LogP contribution in [0.3, 0.4) is 0 Å². The molecule has 34 heavy (non-hydrogen) atoms. The van der Waals surface area contributed by atoms with Crippen LogP contribution in [0.25, 0.3) is 11.6 Å². The Bertz CT molecular complexity index is 1160. The lowest BCUT2D eigenvalue weighted by Gasteiger charge is -2.32. The van der Waals surface area contributed by atoms with E-state index < -0.39 is 6.04 Å². The largest absolute Gasteiger partial charge is 0.458 e. The predicted octanol–water partition coefficient (Wildman–Crippen LogP) is 3.73. The molecule has 0 radical (unpaired) electrons. The summed E-state index contributed by atoms with van der Waals surface area (Å²) in [6, 6.07) is 9.04. The molecule has 0 aliphatic heterocycles. The highest BCUT2D eigenvalue weighted by Gasteiger charge is 2.33. The Hall–Kier alpha value is -3.49. The van der Waals surface area contributed by atoms with Gasteiger partial charge >= 0.3 is 0 Å². The molecule has 1 atom stereocenters. The lowest BCUT2D eigenvalue weighted by Crippen LogP contribution is -2.52. The van der Waals surface area contributed by atoms with E-state index in [-0.39, 0.29) is 24.4 Å². The van der Waals surface area contributed by atoms with Crippen LogP contribution < -0.4 is 10.2 Å². The van der Waals surface area contributed by atoms with E-state index in [0.29, 0.717) is 18.0 Å². The van der Waals surface area contributed by atoms with Gasteiger partial charge in [0.05, 0.1) is 0 Å². The number of hydrogen-bond acceptors (Lipinski definition) is 6. The molecule has 180 valence electrons. The molecule has 4 rings (SSSR count). The van der Waals surface area contributed by atoms with E-state index in [0.717, 1.165) is 48.3 Å². The summed E-state index contributed by atoms with van der Waals surface area (Å²) >= 11 is 0. The second-order valence-electron chi connectivity index (χ2n) is 9.02. The van der Waals surface area contributed by atoms with E-state index >= 15 is 0 Å². The number of nitrogens with zero attached hydrogens (tertiary/aromatic N) is 5. The van der Waals surface area contributed by atoms with Crippen LogP contribution in [0.5, 0.6) is 0 Å². The van der Waals surface area contributed by atoms with Crippen molar-refractivity contribution < 1.29 is 14.0 Å². The van der Waals surface area contributed by atoms with Gasteiger partial charge in [-0.15, -0.1) is 10.2 Å². The summed E-state index contributed by atoms with van der Waals surface area (Å²) in [6.45, 7) is 7.53. The van der Waals surface area contributed by atoms with Crippen LogP contribution >= 0.6 is 0 Å². The van der Waals surface area contributed by atoms with Gasteiger partial charge in [0.2, 0.25) is 11.7 Å². The maximum absolute atomic E-state index is 13.7. The summed E-state index contributed by atoms with van der Waals surface area (Å²) in [5, 5.41) is 15.5. The van der Waals surface area contributed by atoms with Crippen molar-refractivity contribution in [3.05, 3.63) is 47.2 Å². The highest BCUT2D eigenvalue weighted by Crippen LogP contribution is 2.26. The fourth-order valence-electron chi connectivity index (χ4n) is 4.47. The third-order valence-electron chi connectivity index (χ3n) is 6.29. The minimum absolute atomic E-state index is 0.123. The first-order chi connectivity index (χ1) is 16.4. The standard InChI is InChI=1S/C25H32N6O3/c1-5-20(25(33)26-19-8-6-7-9-19)31(21-14-16(2)10-11-17(21)3)23(32)15-30-28-24(27-29-30)22-13-12-18(4)34-22/h10-14,19-20H,5-9,15H2,1-4H3,(H,26,33). The molecule has 0 bridgehead atoms. The summed E-state index contributed by atoms with van der Waals surface area (Å²) in [6.07, 6.45) is 4.70. The van der Waals surface area contributed by atoms with Crippen molar-refractivity contribution in [2.24, 2.45) is 0 Å². The van der Waals surface area contributed by atoms with E-state index in [2.05, 4.69) is 20.7 Å². The fraction of sp³-hybridized carbons (Fsp3) is 0.480. The monoisotopic (exact) mass is 464 g/mol. The van der Waals surface area contributed by atoms with Gasteiger partial charge in [0.15, 0.2) is 5.76 Å². The van der Waals surface area contributed by atoms with Crippen LogP contribution in [0.2, 0.25) is 0 Å². The summed E-state index contributed by atoms with van der Waals surface area (Å²) in [5.74, 6) is 1.14. The van der Waals surface area contributed by atoms with Crippen molar-refractivity contribution in [2.75, 3.05) is 4.90 Å². The molecule has 2 heterocycles. The number of nitrogens with one attached hydrogen (secondary N) is 1. The third kappa shape index (κ3) is 5.18. The molecule has 1 fully saturated rings. The molecule has 1 aliphatic carbocycles. The smallest absolute Gasteiger partial charge is 0.251 e. The number of furan rings is 1. The third-order valence-corrected chi connectivity index (χ3v) is 6.29. The number of amides is 2. The van der Waals surface area contributed by atoms with Crippen molar-refractivity contribution in [3.63, 3.8) is 0 Å². The zero-order valence-corrected chi connectivity index (χ0v) is 20.2. The van der Waals surface area contributed by atoms with E-state index in [4.69, 9.17) is 4.42 Å². The number of carbonyl (C=O) groups is 2. The summed E-state index contributed by atoms with van der Waals surface area (Å²) in [5.41, 5.74) is 2.66. The Kier molecular flexibility index (Phi) is 7.09. The van der Waals surface area contributed by atoms with Gasteiger partial charge < -0.3 is 9.73 Å². The number of hydrogen-bond donors (Lipinski definition) is 1. The molecule has 2 aromatic heterocycles. The lowest BCUT2D eigenvalue weighted by molar-refractivity contribution is -0.127. The van der Waals surface area contributed by atoms with E-state index in [1.807, 2.05) is 52.0 Å². The van der Waals surface area contributed by atoms with Crippen LogP contribution in [-0.4, -0.2) is 44.1 Å². The molecule has 1 saturated carbocycles. The highest BCUT2D eigenvalue weighted by atomic mass is 16.3. The van der Waals surface area contributed by atoms with Crippen LogP contribution in [0.4, 0.5) is 5.69 Å². The van der Waals surface area contributed by atoms with Crippen molar-refractivity contribution in [3.8, 4) is 11.6 Å². The van der Waals surface area contributed by atoms with Gasteiger partial charge in [0.25, 0.3) is 5.91 Å². The van der Waals surface area contributed by atoms with Crippen molar-refractivity contribution in [1.29, 1.82) is 0 Å². The number of rotatable bonds is 8. The quantitative estimate of drug-likeness (QED) is 0.544. The van der Waals surface area contributed by atoms with Gasteiger partial charge in [0.1, 0.15) is 18.3 Å². The average Bonchev–Trinajstić information content (AvgIpc) is 3.56. The molecule has 1 aromatic carbocycles. The molecule has 0 spiro atoms. The average molecular weight is 465 g/mol. The van der Waals surface area contributed by atoms with E-state index in [1.165, 1.54) is 4.80 Å². The molecular formula is C25H32N6O3. The van der Waals surface area contributed by atoms with Crippen LogP contribution in [0, 0.1) is 20.8 Å². The van der Waals surface area contributed by atoms with Crippen LogP contribution in [0.1, 0.15) is 55.9 Å². The number of aromatic nitrogens is 4. The summed E-state index contributed by atoms with van der Waals surface area (Å²) in [7, 11) is 0. The van der Waals surface area contributed by atoms with Gasteiger partial charge in [-0.05, 0) is 74.6 Å². The van der Waals surface area contributed by atoms with Gasteiger partial charge in [-0.1, -0.05) is 31.9 Å². The van der Waals surface area contributed by atoms with Crippen LogP contribution in [0.15, 0.2) is 34.7 Å². The number of aryl methyl sites for hydroxylation is 3. The first kappa shape index (κ1) is 23.7. The Labute approximate surface area is 199 Å². The summed E-state index contributed by atoms with van der Waals surface area (Å²) in [4.78, 5) is 29.8. The molecule has 1 N–H and O–H groups in total. The molecule has 9 nitrogen and oxygen atoms in total. The van der Waals surface area contributed by atoms with Crippen molar-refractivity contribution in [1.82, 2.24) is 25.5 Å². The molecule has 3 aromatic rings. The molecule has 1 unspecified atom stereocenters. The predicted molar refractivity (Wildman–Crippen MR) is 128 cm³/mol. The minimum atomic E-state index is -0.635. The van der Waals surface area contributed by atoms with Crippen LogP contribution in [-0.2, 0) is 16.1 Å². The molecule has 1 aliphatic rings. The van der Waals surface area contributed by atoms with Gasteiger partial charge in [-0.2, -0.15) is 4.80 Å². The first-order valence-corrected chi connectivity index (χ1v) is 11.9. The highest BCUT2D eigenvalue weighted by molar-refractivity contribution is 6.01. The molecule has 0 saturated heterocycles.